The van der Waals surface area contributed by atoms with Crippen LogP contribution in [0.2, 0.25) is 0 Å². The van der Waals surface area contributed by atoms with Crippen LogP contribution in [0.5, 0.6) is 0 Å². The van der Waals surface area contributed by atoms with Crippen LogP contribution in [-0.2, 0) is 4.79 Å². The molecule has 3 aromatic rings. The van der Waals surface area contributed by atoms with Crippen molar-refractivity contribution in [2.24, 2.45) is 0 Å². The summed E-state index contributed by atoms with van der Waals surface area (Å²) in [4.78, 5) is 48.2. The first kappa shape index (κ1) is 19.6. The Morgan fingerprint density at radius 1 is 0.933 bits per heavy atom. The van der Waals surface area contributed by atoms with Gasteiger partial charge in [0.05, 0.1) is 23.9 Å². The van der Waals surface area contributed by atoms with Crippen LogP contribution < -0.4 is 5.32 Å². The molecular formula is C22H23N5O3. The standard InChI is InChI=1S/C22H23N5O3/c28-20(14-23-21(29)16-5-2-1-3-6-16)26-9-4-10-27(12-11-26)22(30)17-7-8-18-19(13-17)25-15-24-18/h1-3,5-8,13,15H,4,9-12,14H2,(H,23,29)(H,24,25). The number of aromatic nitrogens is 2. The van der Waals surface area contributed by atoms with E-state index in [1.807, 2.05) is 12.1 Å². The predicted molar refractivity (Wildman–Crippen MR) is 112 cm³/mol. The number of benzene rings is 2. The lowest BCUT2D eigenvalue weighted by Gasteiger charge is -2.22. The number of hydrogen-bond donors (Lipinski definition) is 2. The number of carbonyl (C=O) groups is 3. The average Bonchev–Trinajstić information content (AvgIpc) is 3.12. The maximum atomic E-state index is 12.9. The molecule has 0 spiro atoms. The van der Waals surface area contributed by atoms with Crippen molar-refractivity contribution < 1.29 is 14.4 Å². The van der Waals surface area contributed by atoms with Gasteiger partial charge in [-0.1, -0.05) is 18.2 Å². The third-order valence-corrected chi connectivity index (χ3v) is 5.24. The number of carbonyl (C=O) groups excluding carboxylic acids is 3. The van der Waals surface area contributed by atoms with Crippen LogP contribution in [0.15, 0.2) is 54.9 Å². The first-order valence-corrected chi connectivity index (χ1v) is 9.95. The second kappa shape index (κ2) is 8.77. The molecule has 0 aliphatic carbocycles. The second-order valence-corrected chi connectivity index (χ2v) is 7.21. The molecule has 0 bridgehead atoms. The summed E-state index contributed by atoms with van der Waals surface area (Å²) in [5.41, 5.74) is 2.76. The first-order valence-electron chi connectivity index (χ1n) is 9.95. The molecule has 1 saturated heterocycles. The molecule has 0 radical (unpaired) electrons. The van der Waals surface area contributed by atoms with Crippen LogP contribution in [0.3, 0.4) is 0 Å². The number of H-pyrrole nitrogens is 1. The number of rotatable bonds is 4. The molecule has 30 heavy (non-hydrogen) atoms. The summed E-state index contributed by atoms with van der Waals surface area (Å²) >= 11 is 0. The highest BCUT2D eigenvalue weighted by Gasteiger charge is 2.23. The minimum Gasteiger partial charge on any atom is -0.345 e. The van der Waals surface area contributed by atoms with Crippen molar-refractivity contribution in [1.29, 1.82) is 0 Å². The summed E-state index contributed by atoms with van der Waals surface area (Å²) < 4.78 is 0. The van der Waals surface area contributed by atoms with Gasteiger partial charge in [-0.2, -0.15) is 0 Å². The Bertz CT molecular complexity index is 1060. The van der Waals surface area contributed by atoms with E-state index in [1.54, 1.807) is 52.5 Å². The molecule has 1 aromatic heterocycles. The Morgan fingerprint density at radius 3 is 2.53 bits per heavy atom. The van der Waals surface area contributed by atoms with Gasteiger partial charge in [0.25, 0.3) is 11.8 Å². The van der Waals surface area contributed by atoms with E-state index in [4.69, 9.17) is 0 Å². The minimum atomic E-state index is -0.273. The summed E-state index contributed by atoms with van der Waals surface area (Å²) in [6.45, 7) is 1.98. The van der Waals surface area contributed by atoms with E-state index in [0.717, 1.165) is 11.0 Å². The number of imidazole rings is 1. The number of nitrogens with zero attached hydrogens (tertiary/aromatic N) is 3. The van der Waals surface area contributed by atoms with E-state index in [-0.39, 0.29) is 24.3 Å². The van der Waals surface area contributed by atoms with Gasteiger partial charge in [0.15, 0.2) is 0 Å². The molecule has 1 fully saturated rings. The van der Waals surface area contributed by atoms with Gasteiger partial charge in [0.2, 0.25) is 5.91 Å². The zero-order chi connectivity index (χ0) is 20.9. The van der Waals surface area contributed by atoms with Crippen molar-refractivity contribution in [3.63, 3.8) is 0 Å². The Balaban J connectivity index is 1.32. The van der Waals surface area contributed by atoms with Gasteiger partial charge in [-0.25, -0.2) is 4.98 Å². The fourth-order valence-corrected chi connectivity index (χ4v) is 3.58. The van der Waals surface area contributed by atoms with Crippen molar-refractivity contribution in [3.05, 3.63) is 66.0 Å². The van der Waals surface area contributed by atoms with Crippen LogP contribution in [0.1, 0.15) is 27.1 Å². The number of fused-ring (bicyclic) bond motifs is 1. The Labute approximate surface area is 173 Å². The minimum absolute atomic E-state index is 0.0572. The summed E-state index contributed by atoms with van der Waals surface area (Å²) in [5.74, 6) is -0.476. The number of amides is 3. The summed E-state index contributed by atoms with van der Waals surface area (Å²) in [5, 5.41) is 2.67. The van der Waals surface area contributed by atoms with Gasteiger partial charge in [0, 0.05) is 37.3 Å². The van der Waals surface area contributed by atoms with Crippen LogP contribution in [0, 0.1) is 0 Å². The molecule has 2 aromatic carbocycles. The highest BCUT2D eigenvalue weighted by molar-refractivity contribution is 5.98. The molecular weight excluding hydrogens is 382 g/mol. The Morgan fingerprint density at radius 2 is 1.70 bits per heavy atom. The van der Waals surface area contributed by atoms with Gasteiger partial charge < -0.3 is 20.1 Å². The van der Waals surface area contributed by atoms with Crippen LogP contribution in [-0.4, -0.2) is 70.2 Å². The smallest absolute Gasteiger partial charge is 0.253 e. The molecule has 2 heterocycles. The summed E-state index contributed by atoms with van der Waals surface area (Å²) in [7, 11) is 0. The zero-order valence-electron chi connectivity index (χ0n) is 16.5. The van der Waals surface area contributed by atoms with E-state index in [0.29, 0.717) is 43.7 Å². The first-order chi connectivity index (χ1) is 14.6. The Hall–Kier alpha value is -3.68. The maximum Gasteiger partial charge on any atom is 0.253 e. The molecule has 154 valence electrons. The molecule has 3 amide bonds. The number of nitrogens with one attached hydrogen (secondary N) is 2. The molecule has 0 unspecified atom stereocenters. The second-order valence-electron chi connectivity index (χ2n) is 7.21. The van der Waals surface area contributed by atoms with Crippen molar-refractivity contribution >= 4 is 28.8 Å². The van der Waals surface area contributed by atoms with E-state index in [9.17, 15) is 14.4 Å². The van der Waals surface area contributed by atoms with Gasteiger partial charge in [0.1, 0.15) is 0 Å². The largest absolute Gasteiger partial charge is 0.345 e. The monoisotopic (exact) mass is 405 g/mol. The lowest BCUT2D eigenvalue weighted by molar-refractivity contribution is -0.129. The molecule has 2 N–H and O–H groups in total. The van der Waals surface area contributed by atoms with Crippen molar-refractivity contribution in [1.82, 2.24) is 25.1 Å². The quantitative estimate of drug-likeness (QED) is 0.690. The lowest BCUT2D eigenvalue weighted by atomic mass is 10.1. The van der Waals surface area contributed by atoms with E-state index >= 15 is 0 Å². The normalized spacial score (nSPS) is 14.4. The molecule has 8 nitrogen and oxygen atoms in total. The predicted octanol–water partition coefficient (Wildman–Crippen LogP) is 1.67. The molecule has 1 aliphatic rings. The number of aromatic amines is 1. The van der Waals surface area contributed by atoms with E-state index in [2.05, 4.69) is 15.3 Å². The van der Waals surface area contributed by atoms with Crippen LogP contribution >= 0.6 is 0 Å². The SMILES string of the molecule is O=C(NCC(=O)N1CCCN(C(=O)c2ccc3nc[nH]c3c2)CC1)c1ccccc1. The Kier molecular flexibility index (Phi) is 5.74. The summed E-state index contributed by atoms with van der Waals surface area (Å²) in [6.07, 6.45) is 2.29. The highest BCUT2D eigenvalue weighted by atomic mass is 16.2. The maximum absolute atomic E-state index is 12.9. The molecule has 8 heteroatoms. The molecule has 1 aliphatic heterocycles. The fourth-order valence-electron chi connectivity index (χ4n) is 3.58. The zero-order valence-corrected chi connectivity index (χ0v) is 16.5. The van der Waals surface area contributed by atoms with Gasteiger partial charge in [-0.15, -0.1) is 0 Å². The topological polar surface area (TPSA) is 98.4 Å². The third kappa shape index (κ3) is 4.32. The third-order valence-electron chi connectivity index (χ3n) is 5.24. The van der Waals surface area contributed by atoms with Crippen molar-refractivity contribution in [2.75, 3.05) is 32.7 Å². The van der Waals surface area contributed by atoms with E-state index in [1.165, 1.54) is 0 Å². The van der Waals surface area contributed by atoms with Gasteiger partial charge >= 0.3 is 0 Å². The van der Waals surface area contributed by atoms with Crippen LogP contribution in [0.4, 0.5) is 0 Å². The molecule has 0 atom stereocenters. The fraction of sp³-hybridized carbons (Fsp3) is 0.273. The van der Waals surface area contributed by atoms with E-state index < -0.39 is 0 Å². The van der Waals surface area contributed by atoms with Gasteiger partial charge in [-0.05, 0) is 36.8 Å². The molecule has 4 rings (SSSR count). The summed E-state index contributed by atoms with van der Waals surface area (Å²) in [6, 6.07) is 14.2. The molecule has 0 saturated carbocycles. The highest BCUT2D eigenvalue weighted by Crippen LogP contribution is 2.15. The van der Waals surface area contributed by atoms with Gasteiger partial charge in [-0.3, -0.25) is 14.4 Å². The van der Waals surface area contributed by atoms with Crippen LogP contribution in [0.25, 0.3) is 11.0 Å². The van der Waals surface area contributed by atoms with Crippen molar-refractivity contribution in [2.45, 2.75) is 6.42 Å². The lowest BCUT2D eigenvalue weighted by Crippen LogP contribution is -2.42. The average molecular weight is 405 g/mol. The van der Waals surface area contributed by atoms with Crippen molar-refractivity contribution in [3.8, 4) is 0 Å². The number of hydrogen-bond acceptors (Lipinski definition) is 4.